The van der Waals surface area contributed by atoms with Gasteiger partial charge in [-0.1, -0.05) is 11.6 Å². The molecule has 0 saturated heterocycles. The lowest BCUT2D eigenvalue weighted by Gasteiger charge is -2.15. The predicted octanol–water partition coefficient (Wildman–Crippen LogP) is 2.46. The Bertz CT molecular complexity index is 518. The molecule has 0 aliphatic carbocycles. The standard InChI is InChI=1S/C15H18ClNO3S/c16-12-1-3-14(4-2-12)20-9-13(18)7-17-8-15(19)11-5-6-21-10-11/h1-6,10,13,15,17-19H,7-9H2. The van der Waals surface area contributed by atoms with Crippen LogP contribution in [0.5, 0.6) is 5.75 Å². The van der Waals surface area contributed by atoms with Crippen molar-refractivity contribution < 1.29 is 14.9 Å². The normalized spacial score (nSPS) is 13.9. The third-order valence-corrected chi connectivity index (χ3v) is 3.86. The molecule has 0 bridgehead atoms. The monoisotopic (exact) mass is 327 g/mol. The highest BCUT2D eigenvalue weighted by Gasteiger charge is 2.09. The Hall–Kier alpha value is -1.11. The molecule has 2 rings (SSSR count). The van der Waals surface area contributed by atoms with Crippen molar-refractivity contribution in [3.63, 3.8) is 0 Å². The van der Waals surface area contributed by atoms with Crippen molar-refractivity contribution in [2.24, 2.45) is 0 Å². The quantitative estimate of drug-likeness (QED) is 0.697. The van der Waals surface area contributed by atoms with Crippen molar-refractivity contribution in [2.75, 3.05) is 19.7 Å². The molecular weight excluding hydrogens is 310 g/mol. The van der Waals surface area contributed by atoms with Gasteiger partial charge in [-0.2, -0.15) is 11.3 Å². The number of hydrogen-bond donors (Lipinski definition) is 3. The topological polar surface area (TPSA) is 61.7 Å². The maximum atomic E-state index is 9.87. The molecule has 3 N–H and O–H groups in total. The summed E-state index contributed by atoms with van der Waals surface area (Å²) >= 11 is 7.32. The van der Waals surface area contributed by atoms with Gasteiger partial charge < -0.3 is 20.3 Å². The molecule has 21 heavy (non-hydrogen) atoms. The minimum atomic E-state index is -0.643. The van der Waals surface area contributed by atoms with Gasteiger partial charge in [-0.3, -0.25) is 0 Å². The smallest absolute Gasteiger partial charge is 0.119 e. The number of hydrogen-bond acceptors (Lipinski definition) is 5. The number of thiophene rings is 1. The van der Waals surface area contributed by atoms with Crippen molar-refractivity contribution in [1.82, 2.24) is 5.32 Å². The first-order chi connectivity index (χ1) is 10.1. The number of benzene rings is 1. The Morgan fingerprint density at radius 3 is 2.57 bits per heavy atom. The third-order valence-electron chi connectivity index (χ3n) is 2.90. The fourth-order valence-corrected chi connectivity index (χ4v) is 2.58. The second-order valence-corrected chi connectivity index (χ2v) is 5.87. The molecule has 2 aromatic rings. The van der Waals surface area contributed by atoms with Gasteiger partial charge in [-0.05, 0) is 46.7 Å². The maximum absolute atomic E-state index is 9.87. The van der Waals surface area contributed by atoms with E-state index in [0.717, 1.165) is 5.56 Å². The van der Waals surface area contributed by atoms with Crippen LogP contribution in [0.4, 0.5) is 0 Å². The van der Waals surface area contributed by atoms with E-state index < -0.39 is 12.2 Å². The molecule has 114 valence electrons. The molecule has 0 spiro atoms. The van der Waals surface area contributed by atoms with Gasteiger partial charge in [0, 0.05) is 18.1 Å². The Morgan fingerprint density at radius 1 is 1.14 bits per heavy atom. The molecule has 1 aromatic heterocycles. The van der Waals surface area contributed by atoms with Crippen molar-refractivity contribution in [2.45, 2.75) is 12.2 Å². The van der Waals surface area contributed by atoms with Crippen LogP contribution in [0.15, 0.2) is 41.1 Å². The summed E-state index contributed by atoms with van der Waals surface area (Å²) < 4.78 is 5.44. The van der Waals surface area contributed by atoms with E-state index in [2.05, 4.69) is 5.32 Å². The first-order valence-electron chi connectivity index (χ1n) is 6.62. The summed E-state index contributed by atoms with van der Waals surface area (Å²) in [6, 6.07) is 8.86. The van der Waals surface area contributed by atoms with E-state index in [-0.39, 0.29) is 6.61 Å². The van der Waals surface area contributed by atoms with E-state index in [9.17, 15) is 10.2 Å². The van der Waals surface area contributed by atoms with Crippen LogP contribution in [-0.2, 0) is 0 Å². The summed E-state index contributed by atoms with van der Waals surface area (Å²) in [6.45, 7) is 0.937. The van der Waals surface area contributed by atoms with Crippen LogP contribution in [0, 0.1) is 0 Å². The number of halogens is 1. The Kier molecular flexibility index (Phi) is 6.48. The highest BCUT2D eigenvalue weighted by atomic mass is 35.5. The highest BCUT2D eigenvalue weighted by molar-refractivity contribution is 7.07. The van der Waals surface area contributed by atoms with Gasteiger partial charge in [-0.25, -0.2) is 0 Å². The predicted molar refractivity (Wildman–Crippen MR) is 85.1 cm³/mol. The third kappa shape index (κ3) is 5.65. The summed E-state index contributed by atoms with van der Waals surface area (Å²) in [5.74, 6) is 0.664. The van der Waals surface area contributed by atoms with E-state index >= 15 is 0 Å². The molecule has 1 aromatic carbocycles. The first kappa shape index (κ1) is 16.3. The van der Waals surface area contributed by atoms with E-state index in [1.807, 2.05) is 16.8 Å². The molecule has 4 nitrogen and oxygen atoms in total. The minimum Gasteiger partial charge on any atom is -0.491 e. The van der Waals surface area contributed by atoms with Crippen molar-refractivity contribution in [1.29, 1.82) is 0 Å². The molecule has 2 unspecified atom stereocenters. The van der Waals surface area contributed by atoms with E-state index in [1.165, 1.54) is 0 Å². The molecule has 0 saturated carbocycles. The molecule has 2 atom stereocenters. The average Bonchev–Trinajstić information content (AvgIpc) is 3.01. The zero-order valence-corrected chi connectivity index (χ0v) is 13.0. The fraction of sp³-hybridized carbons (Fsp3) is 0.333. The van der Waals surface area contributed by atoms with Crippen LogP contribution in [0.2, 0.25) is 5.02 Å². The SMILES string of the molecule is OC(CNCC(O)c1ccsc1)COc1ccc(Cl)cc1. The Balaban J connectivity index is 1.63. The van der Waals surface area contributed by atoms with Gasteiger partial charge in [0.2, 0.25) is 0 Å². The molecule has 0 aliphatic heterocycles. The largest absolute Gasteiger partial charge is 0.491 e. The molecule has 0 aliphatic rings. The Labute approximate surface area is 133 Å². The molecule has 0 radical (unpaired) electrons. The summed E-state index contributed by atoms with van der Waals surface area (Å²) in [7, 11) is 0. The number of nitrogens with one attached hydrogen (secondary N) is 1. The summed E-state index contributed by atoms with van der Waals surface area (Å²) in [5.41, 5.74) is 0.888. The van der Waals surface area contributed by atoms with Crippen molar-refractivity contribution >= 4 is 22.9 Å². The average molecular weight is 328 g/mol. The van der Waals surface area contributed by atoms with Crippen LogP contribution in [-0.4, -0.2) is 36.0 Å². The van der Waals surface area contributed by atoms with Gasteiger partial charge in [0.05, 0.1) is 6.10 Å². The van der Waals surface area contributed by atoms with Crippen LogP contribution < -0.4 is 10.1 Å². The molecule has 1 heterocycles. The second-order valence-electron chi connectivity index (χ2n) is 4.65. The fourth-order valence-electron chi connectivity index (χ4n) is 1.75. The summed E-state index contributed by atoms with van der Waals surface area (Å²) in [5, 5.41) is 27.2. The van der Waals surface area contributed by atoms with Gasteiger partial charge in [0.1, 0.15) is 18.5 Å². The van der Waals surface area contributed by atoms with E-state index in [1.54, 1.807) is 35.6 Å². The molecule has 0 amide bonds. The number of aliphatic hydroxyl groups excluding tert-OH is 2. The number of aliphatic hydroxyl groups is 2. The number of ether oxygens (including phenoxy) is 1. The molecular formula is C15H18ClNO3S. The zero-order chi connectivity index (χ0) is 15.1. The van der Waals surface area contributed by atoms with Gasteiger partial charge >= 0.3 is 0 Å². The highest BCUT2D eigenvalue weighted by Crippen LogP contribution is 2.16. The van der Waals surface area contributed by atoms with Crippen LogP contribution in [0.25, 0.3) is 0 Å². The van der Waals surface area contributed by atoms with E-state index in [4.69, 9.17) is 16.3 Å². The Morgan fingerprint density at radius 2 is 1.90 bits per heavy atom. The molecule has 0 fully saturated rings. The van der Waals surface area contributed by atoms with Crippen LogP contribution in [0.3, 0.4) is 0 Å². The van der Waals surface area contributed by atoms with Crippen LogP contribution in [0.1, 0.15) is 11.7 Å². The second kappa shape index (κ2) is 8.36. The lowest BCUT2D eigenvalue weighted by Crippen LogP contribution is -2.33. The zero-order valence-electron chi connectivity index (χ0n) is 11.4. The molecule has 6 heteroatoms. The lowest BCUT2D eigenvalue weighted by atomic mass is 10.2. The number of rotatable bonds is 8. The van der Waals surface area contributed by atoms with Crippen molar-refractivity contribution in [3.05, 3.63) is 51.7 Å². The maximum Gasteiger partial charge on any atom is 0.119 e. The minimum absolute atomic E-state index is 0.184. The van der Waals surface area contributed by atoms with Gasteiger partial charge in [-0.15, -0.1) is 0 Å². The summed E-state index contributed by atoms with van der Waals surface area (Å²) in [4.78, 5) is 0. The van der Waals surface area contributed by atoms with Gasteiger partial charge in [0.15, 0.2) is 0 Å². The first-order valence-corrected chi connectivity index (χ1v) is 7.94. The van der Waals surface area contributed by atoms with Gasteiger partial charge in [0.25, 0.3) is 0 Å². The van der Waals surface area contributed by atoms with Crippen molar-refractivity contribution in [3.8, 4) is 5.75 Å². The lowest BCUT2D eigenvalue weighted by molar-refractivity contribution is 0.0997. The van der Waals surface area contributed by atoms with E-state index in [0.29, 0.717) is 23.9 Å². The summed E-state index contributed by atoms with van der Waals surface area (Å²) in [6.07, 6.45) is -1.20. The van der Waals surface area contributed by atoms with Crippen LogP contribution >= 0.6 is 22.9 Å².